The molecule has 2 amide bonds. The number of ether oxygens (including phenoxy) is 2. The molecule has 0 saturated carbocycles. The highest BCUT2D eigenvalue weighted by Gasteiger charge is 2.28. The Morgan fingerprint density at radius 1 is 1.04 bits per heavy atom. The predicted molar refractivity (Wildman–Crippen MR) is 87.9 cm³/mol. The van der Waals surface area contributed by atoms with Crippen LogP contribution in [0.3, 0.4) is 0 Å². The predicted octanol–water partition coefficient (Wildman–Crippen LogP) is 3.03. The van der Waals surface area contributed by atoms with Gasteiger partial charge in [0, 0.05) is 25.4 Å². The number of amides is 2. The fraction of sp³-hybridized carbons (Fsp3) is 0.294. The highest BCUT2D eigenvalue weighted by atomic mass is 19.4. The molecule has 2 N–H and O–H groups in total. The van der Waals surface area contributed by atoms with E-state index >= 15 is 0 Å². The summed E-state index contributed by atoms with van der Waals surface area (Å²) in [4.78, 5) is 15.5. The Labute approximate surface area is 148 Å². The van der Waals surface area contributed by atoms with Crippen molar-refractivity contribution in [2.75, 3.05) is 13.7 Å². The van der Waals surface area contributed by atoms with Gasteiger partial charge in [-0.3, -0.25) is 0 Å². The molecule has 0 aliphatic carbocycles. The minimum absolute atomic E-state index is 0.130. The molecule has 2 aromatic rings. The Balaban J connectivity index is 1.72. The van der Waals surface area contributed by atoms with Gasteiger partial charge >= 0.3 is 12.2 Å². The lowest BCUT2D eigenvalue weighted by Crippen LogP contribution is -2.34. The number of nitrogens with zero attached hydrogens (tertiary/aromatic N) is 1. The van der Waals surface area contributed by atoms with Crippen molar-refractivity contribution in [2.24, 2.45) is 0 Å². The van der Waals surface area contributed by atoms with Gasteiger partial charge in [-0.05, 0) is 23.3 Å². The van der Waals surface area contributed by atoms with E-state index in [1.807, 2.05) is 12.1 Å². The zero-order chi connectivity index (χ0) is 19.0. The number of carbonyl (C=O) groups excluding carboxylic acids is 1. The SMILES string of the molecule is COc1ccc(CNC(=O)NCc2ccc(OCC(F)(F)F)nc2)cc1. The molecule has 1 aromatic carbocycles. The lowest BCUT2D eigenvalue weighted by atomic mass is 10.2. The van der Waals surface area contributed by atoms with Crippen LogP contribution in [-0.4, -0.2) is 30.9 Å². The molecule has 0 aliphatic rings. The standard InChI is InChI=1S/C17H18F3N3O3/c1-25-14-5-2-12(3-6-14)8-22-16(24)23-10-13-4-7-15(21-9-13)26-11-17(18,19)20/h2-7,9H,8,10-11H2,1H3,(H2,22,23,24). The Kier molecular flexibility index (Phi) is 6.65. The first-order chi connectivity index (χ1) is 12.4. The number of benzene rings is 1. The Bertz CT molecular complexity index is 704. The number of pyridine rings is 1. The van der Waals surface area contributed by atoms with Crippen LogP contribution in [0.15, 0.2) is 42.6 Å². The maximum Gasteiger partial charge on any atom is 0.422 e. The van der Waals surface area contributed by atoms with Crippen molar-refractivity contribution in [1.29, 1.82) is 0 Å². The van der Waals surface area contributed by atoms with E-state index < -0.39 is 12.8 Å². The van der Waals surface area contributed by atoms with Gasteiger partial charge in [-0.25, -0.2) is 9.78 Å². The van der Waals surface area contributed by atoms with E-state index in [1.54, 1.807) is 19.2 Å². The molecule has 26 heavy (non-hydrogen) atoms. The molecule has 140 valence electrons. The molecule has 0 atom stereocenters. The van der Waals surface area contributed by atoms with E-state index in [9.17, 15) is 18.0 Å². The summed E-state index contributed by atoms with van der Waals surface area (Å²) in [5.41, 5.74) is 1.54. The molecule has 0 spiro atoms. The minimum atomic E-state index is -4.41. The number of carbonyl (C=O) groups is 1. The van der Waals surface area contributed by atoms with Crippen LogP contribution in [0.5, 0.6) is 11.6 Å². The lowest BCUT2D eigenvalue weighted by molar-refractivity contribution is -0.154. The van der Waals surface area contributed by atoms with Crippen molar-refractivity contribution in [3.05, 3.63) is 53.7 Å². The van der Waals surface area contributed by atoms with Crippen molar-refractivity contribution in [3.63, 3.8) is 0 Å². The molecular formula is C17H18F3N3O3. The van der Waals surface area contributed by atoms with E-state index in [0.29, 0.717) is 12.1 Å². The highest BCUT2D eigenvalue weighted by molar-refractivity contribution is 5.73. The third kappa shape index (κ3) is 6.88. The molecule has 0 saturated heterocycles. The number of hydrogen-bond acceptors (Lipinski definition) is 4. The zero-order valence-electron chi connectivity index (χ0n) is 14.0. The first-order valence-electron chi connectivity index (χ1n) is 7.65. The zero-order valence-corrected chi connectivity index (χ0v) is 14.0. The van der Waals surface area contributed by atoms with Crippen molar-refractivity contribution >= 4 is 6.03 Å². The van der Waals surface area contributed by atoms with Crippen molar-refractivity contribution in [3.8, 4) is 11.6 Å². The Hall–Kier alpha value is -2.97. The first-order valence-corrected chi connectivity index (χ1v) is 7.65. The molecule has 0 aliphatic heterocycles. The molecule has 9 heteroatoms. The van der Waals surface area contributed by atoms with Gasteiger partial charge in [-0.2, -0.15) is 13.2 Å². The molecule has 0 radical (unpaired) electrons. The summed E-state index contributed by atoms with van der Waals surface area (Å²) >= 11 is 0. The van der Waals surface area contributed by atoms with Crippen molar-refractivity contribution in [2.45, 2.75) is 19.3 Å². The molecule has 0 bridgehead atoms. The van der Waals surface area contributed by atoms with Gasteiger partial charge in [0.15, 0.2) is 6.61 Å². The number of halogens is 3. The number of hydrogen-bond donors (Lipinski definition) is 2. The van der Waals surface area contributed by atoms with Gasteiger partial charge in [0.1, 0.15) is 5.75 Å². The summed E-state index contributed by atoms with van der Waals surface area (Å²) in [5.74, 6) is 0.600. The Morgan fingerprint density at radius 3 is 2.19 bits per heavy atom. The molecule has 6 nitrogen and oxygen atoms in total. The van der Waals surface area contributed by atoms with Gasteiger partial charge in [-0.15, -0.1) is 0 Å². The summed E-state index contributed by atoms with van der Waals surface area (Å²) in [6, 6.07) is 9.73. The fourth-order valence-electron chi connectivity index (χ4n) is 1.93. The smallest absolute Gasteiger partial charge is 0.422 e. The van der Waals surface area contributed by atoms with Crippen LogP contribution in [0.4, 0.5) is 18.0 Å². The number of urea groups is 1. The van der Waals surface area contributed by atoms with Crippen molar-refractivity contribution < 1.29 is 27.4 Å². The Morgan fingerprint density at radius 2 is 1.65 bits per heavy atom. The lowest BCUT2D eigenvalue weighted by Gasteiger charge is -2.10. The van der Waals surface area contributed by atoms with Crippen LogP contribution in [-0.2, 0) is 13.1 Å². The summed E-state index contributed by atoms with van der Waals surface area (Å²) < 4.78 is 45.7. The second-order valence-corrected chi connectivity index (χ2v) is 5.29. The fourth-order valence-corrected chi connectivity index (χ4v) is 1.93. The van der Waals surface area contributed by atoms with Gasteiger partial charge in [0.2, 0.25) is 5.88 Å². The van der Waals surface area contributed by atoms with E-state index in [-0.39, 0.29) is 18.5 Å². The second-order valence-electron chi connectivity index (χ2n) is 5.29. The van der Waals surface area contributed by atoms with Crippen molar-refractivity contribution in [1.82, 2.24) is 15.6 Å². The van der Waals surface area contributed by atoms with E-state index in [0.717, 1.165) is 11.3 Å². The summed E-state index contributed by atoms with van der Waals surface area (Å²) in [6.07, 6.45) is -3.07. The molecule has 0 unspecified atom stereocenters. The number of rotatable bonds is 7. The van der Waals surface area contributed by atoms with Crippen LogP contribution in [0.25, 0.3) is 0 Å². The normalized spacial score (nSPS) is 10.9. The molecule has 1 heterocycles. The topological polar surface area (TPSA) is 72.5 Å². The van der Waals surface area contributed by atoms with Crippen LogP contribution < -0.4 is 20.1 Å². The second kappa shape index (κ2) is 8.93. The van der Waals surface area contributed by atoms with Gasteiger partial charge in [0.05, 0.1) is 7.11 Å². The van der Waals surface area contributed by atoms with E-state index in [2.05, 4.69) is 20.4 Å². The highest BCUT2D eigenvalue weighted by Crippen LogP contribution is 2.17. The third-order valence-corrected chi connectivity index (χ3v) is 3.25. The molecular weight excluding hydrogens is 351 g/mol. The third-order valence-electron chi connectivity index (χ3n) is 3.25. The van der Waals surface area contributed by atoms with Crippen LogP contribution in [0.2, 0.25) is 0 Å². The average Bonchev–Trinajstić information content (AvgIpc) is 2.63. The average molecular weight is 369 g/mol. The van der Waals surface area contributed by atoms with Crippen LogP contribution >= 0.6 is 0 Å². The molecule has 2 rings (SSSR count). The van der Waals surface area contributed by atoms with Crippen LogP contribution in [0, 0.1) is 0 Å². The van der Waals surface area contributed by atoms with E-state index in [1.165, 1.54) is 18.3 Å². The molecule has 1 aromatic heterocycles. The number of methoxy groups -OCH3 is 1. The first kappa shape index (κ1) is 19.4. The maximum atomic E-state index is 12.0. The summed E-state index contributed by atoms with van der Waals surface area (Å²) in [5, 5.41) is 5.33. The molecule has 0 fully saturated rings. The summed E-state index contributed by atoms with van der Waals surface area (Å²) in [7, 11) is 1.57. The minimum Gasteiger partial charge on any atom is -0.497 e. The van der Waals surface area contributed by atoms with Gasteiger partial charge in [0.25, 0.3) is 0 Å². The quantitative estimate of drug-likeness (QED) is 0.787. The van der Waals surface area contributed by atoms with E-state index in [4.69, 9.17) is 4.74 Å². The number of nitrogens with one attached hydrogen (secondary N) is 2. The largest absolute Gasteiger partial charge is 0.497 e. The van der Waals surface area contributed by atoms with Gasteiger partial charge < -0.3 is 20.1 Å². The van der Waals surface area contributed by atoms with Gasteiger partial charge in [-0.1, -0.05) is 18.2 Å². The van der Waals surface area contributed by atoms with Crippen LogP contribution in [0.1, 0.15) is 11.1 Å². The number of alkyl halides is 3. The number of aromatic nitrogens is 1. The monoisotopic (exact) mass is 369 g/mol. The summed E-state index contributed by atoms with van der Waals surface area (Å²) in [6.45, 7) is -0.870. The maximum absolute atomic E-state index is 12.0.